The second kappa shape index (κ2) is 4.61. The predicted octanol–water partition coefficient (Wildman–Crippen LogP) is 1.90. The lowest BCUT2D eigenvalue weighted by atomic mass is 10.2. The van der Waals surface area contributed by atoms with E-state index in [2.05, 4.69) is 14.8 Å². The summed E-state index contributed by atoms with van der Waals surface area (Å²) in [6.45, 7) is 4.48. The van der Waals surface area contributed by atoms with Crippen LogP contribution in [0.25, 0.3) is 0 Å². The quantitative estimate of drug-likeness (QED) is 0.693. The van der Waals surface area contributed by atoms with Crippen molar-refractivity contribution in [3.05, 3.63) is 24.3 Å². The maximum atomic E-state index is 13.1. The molecule has 4 heteroatoms. The summed E-state index contributed by atoms with van der Waals surface area (Å²) in [6.07, 6.45) is 5.32. The molecule has 3 heterocycles. The van der Waals surface area contributed by atoms with Gasteiger partial charge in [0.25, 0.3) is 0 Å². The maximum absolute atomic E-state index is 13.1. The monoisotopic (exact) mass is 235 g/mol. The highest BCUT2D eigenvalue weighted by molar-refractivity contribution is 5.45. The fourth-order valence-corrected chi connectivity index (χ4v) is 3.03. The van der Waals surface area contributed by atoms with E-state index < -0.39 is 0 Å². The van der Waals surface area contributed by atoms with E-state index in [9.17, 15) is 4.39 Å². The molecule has 2 fully saturated rings. The Morgan fingerprint density at radius 2 is 2.12 bits per heavy atom. The first kappa shape index (κ1) is 11.0. The molecule has 3 rings (SSSR count). The molecular formula is C13H18FN3. The zero-order chi connectivity index (χ0) is 11.7. The standard InChI is InChI=1S/C13H18FN3/c14-13-9-11(4-5-15-13)17-8-2-7-16-6-1-3-12(16)10-17/h4-5,9,12H,1-3,6-8,10H2. The molecule has 92 valence electrons. The molecule has 1 unspecified atom stereocenters. The van der Waals surface area contributed by atoms with Crippen molar-refractivity contribution in [3.63, 3.8) is 0 Å². The zero-order valence-corrected chi connectivity index (χ0v) is 9.98. The highest BCUT2D eigenvalue weighted by Gasteiger charge is 2.28. The van der Waals surface area contributed by atoms with Crippen molar-refractivity contribution < 1.29 is 4.39 Å². The Balaban J connectivity index is 1.78. The second-order valence-electron chi connectivity index (χ2n) is 4.97. The van der Waals surface area contributed by atoms with Crippen LogP contribution in [-0.2, 0) is 0 Å². The lowest BCUT2D eigenvalue weighted by Gasteiger charge is -2.27. The number of rotatable bonds is 1. The average Bonchev–Trinajstić information content (AvgIpc) is 2.66. The molecule has 2 aliphatic heterocycles. The number of aromatic nitrogens is 1. The molecule has 17 heavy (non-hydrogen) atoms. The lowest BCUT2D eigenvalue weighted by Crippen LogP contribution is -2.36. The van der Waals surface area contributed by atoms with Gasteiger partial charge in [-0.2, -0.15) is 4.39 Å². The van der Waals surface area contributed by atoms with Crippen molar-refractivity contribution in [2.75, 3.05) is 31.1 Å². The largest absolute Gasteiger partial charge is 0.370 e. The third-order valence-electron chi connectivity index (χ3n) is 3.88. The number of hydrogen-bond donors (Lipinski definition) is 0. The summed E-state index contributed by atoms with van der Waals surface area (Å²) in [5.41, 5.74) is 0.978. The molecule has 1 aromatic rings. The minimum Gasteiger partial charge on any atom is -0.370 e. The lowest BCUT2D eigenvalue weighted by molar-refractivity contribution is 0.273. The van der Waals surface area contributed by atoms with Crippen molar-refractivity contribution in [1.82, 2.24) is 9.88 Å². The molecule has 0 saturated carbocycles. The van der Waals surface area contributed by atoms with Crippen LogP contribution >= 0.6 is 0 Å². The molecule has 0 amide bonds. The van der Waals surface area contributed by atoms with Gasteiger partial charge in [0.15, 0.2) is 0 Å². The summed E-state index contributed by atoms with van der Waals surface area (Å²) in [5.74, 6) is -0.380. The van der Waals surface area contributed by atoms with Crippen LogP contribution in [0, 0.1) is 5.95 Å². The SMILES string of the molecule is Fc1cc(N2CCCN3CCCC3C2)ccn1. The van der Waals surface area contributed by atoms with Crippen LogP contribution in [0.4, 0.5) is 10.1 Å². The minimum atomic E-state index is -0.380. The number of fused-ring (bicyclic) bond motifs is 1. The van der Waals surface area contributed by atoms with Gasteiger partial charge in [0.2, 0.25) is 5.95 Å². The van der Waals surface area contributed by atoms with Crippen LogP contribution in [0.5, 0.6) is 0 Å². The van der Waals surface area contributed by atoms with E-state index in [1.165, 1.54) is 32.4 Å². The van der Waals surface area contributed by atoms with Gasteiger partial charge in [-0.05, 0) is 31.9 Å². The maximum Gasteiger partial charge on any atom is 0.214 e. The summed E-state index contributed by atoms with van der Waals surface area (Å²) in [4.78, 5) is 8.51. The third-order valence-corrected chi connectivity index (χ3v) is 3.88. The Morgan fingerprint density at radius 3 is 3.00 bits per heavy atom. The normalized spacial score (nSPS) is 25.7. The van der Waals surface area contributed by atoms with Gasteiger partial charge in [0.1, 0.15) is 0 Å². The van der Waals surface area contributed by atoms with Crippen molar-refractivity contribution in [2.24, 2.45) is 0 Å². The Kier molecular flexibility index (Phi) is 2.97. The smallest absolute Gasteiger partial charge is 0.214 e. The fourth-order valence-electron chi connectivity index (χ4n) is 3.03. The van der Waals surface area contributed by atoms with E-state index in [0.29, 0.717) is 6.04 Å². The number of hydrogen-bond acceptors (Lipinski definition) is 3. The first-order chi connectivity index (χ1) is 8.33. The van der Waals surface area contributed by atoms with Crippen molar-refractivity contribution >= 4 is 5.69 Å². The molecule has 0 aromatic carbocycles. The first-order valence-corrected chi connectivity index (χ1v) is 6.43. The average molecular weight is 235 g/mol. The first-order valence-electron chi connectivity index (χ1n) is 6.43. The summed E-state index contributed by atoms with van der Waals surface area (Å²) >= 11 is 0. The van der Waals surface area contributed by atoms with E-state index >= 15 is 0 Å². The highest BCUT2D eigenvalue weighted by Crippen LogP contribution is 2.24. The van der Waals surface area contributed by atoms with Gasteiger partial charge in [-0.25, -0.2) is 4.98 Å². The summed E-state index contributed by atoms with van der Waals surface area (Å²) < 4.78 is 13.1. The Labute approximate surface area is 101 Å². The molecule has 1 aromatic heterocycles. The molecule has 0 spiro atoms. The summed E-state index contributed by atoms with van der Waals surface area (Å²) in [7, 11) is 0. The van der Waals surface area contributed by atoms with Crippen molar-refractivity contribution in [1.29, 1.82) is 0 Å². The fraction of sp³-hybridized carbons (Fsp3) is 0.615. The van der Waals surface area contributed by atoms with Crippen molar-refractivity contribution in [3.8, 4) is 0 Å². The van der Waals surface area contributed by atoms with Gasteiger partial charge < -0.3 is 4.90 Å². The molecule has 0 radical (unpaired) electrons. The van der Waals surface area contributed by atoms with E-state index in [4.69, 9.17) is 0 Å². The van der Waals surface area contributed by atoms with Gasteiger partial charge >= 0.3 is 0 Å². The number of anilines is 1. The highest BCUT2D eigenvalue weighted by atomic mass is 19.1. The minimum absolute atomic E-state index is 0.380. The van der Waals surface area contributed by atoms with Gasteiger partial charge in [-0.15, -0.1) is 0 Å². The molecule has 2 saturated heterocycles. The van der Waals surface area contributed by atoms with Crippen LogP contribution in [0.2, 0.25) is 0 Å². The Bertz CT molecular complexity index is 396. The van der Waals surface area contributed by atoms with Gasteiger partial charge in [-0.3, -0.25) is 4.90 Å². The number of pyridine rings is 1. The summed E-state index contributed by atoms with van der Waals surface area (Å²) in [6, 6.07) is 4.12. The Morgan fingerprint density at radius 1 is 1.24 bits per heavy atom. The van der Waals surface area contributed by atoms with Crippen LogP contribution in [0.15, 0.2) is 18.3 Å². The van der Waals surface area contributed by atoms with E-state index in [0.717, 1.165) is 18.8 Å². The van der Waals surface area contributed by atoms with E-state index in [-0.39, 0.29) is 5.95 Å². The van der Waals surface area contributed by atoms with Crippen LogP contribution in [0.1, 0.15) is 19.3 Å². The number of nitrogens with zero attached hydrogens (tertiary/aromatic N) is 3. The number of halogens is 1. The third kappa shape index (κ3) is 2.27. The molecule has 1 atom stereocenters. The summed E-state index contributed by atoms with van der Waals surface area (Å²) in [5, 5.41) is 0. The van der Waals surface area contributed by atoms with Crippen LogP contribution in [-0.4, -0.2) is 42.1 Å². The molecule has 3 nitrogen and oxygen atoms in total. The second-order valence-corrected chi connectivity index (χ2v) is 4.97. The van der Waals surface area contributed by atoms with Crippen molar-refractivity contribution in [2.45, 2.75) is 25.3 Å². The van der Waals surface area contributed by atoms with E-state index in [1.807, 2.05) is 6.07 Å². The Hall–Kier alpha value is -1.16. The van der Waals surface area contributed by atoms with E-state index in [1.54, 1.807) is 12.3 Å². The van der Waals surface area contributed by atoms with Gasteiger partial charge in [0.05, 0.1) is 0 Å². The van der Waals surface area contributed by atoms with Crippen LogP contribution < -0.4 is 4.90 Å². The molecule has 2 aliphatic rings. The molecule has 0 bridgehead atoms. The van der Waals surface area contributed by atoms with Crippen LogP contribution in [0.3, 0.4) is 0 Å². The topological polar surface area (TPSA) is 19.4 Å². The van der Waals surface area contributed by atoms with Gasteiger partial charge in [-0.1, -0.05) is 0 Å². The molecule has 0 aliphatic carbocycles. The zero-order valence-electron chi connectivity index (χ0n) is 9.98. The molecule has 0 N–H and O–H groups in total. The molecular weight excluding hydrogens is 217 g/mol. The predicted molar refractivity (Wildman–Crippen MR) is 65.6 cm³/mol. The van der Waals surface area contributed by atoms with Gasteiger partial charge in [0, 0.05) is 43.6 Å².